The van der Waals surface area contributed by atoms with Crippen LogP contribution in [-0.2, 0) is 0 Å². The molecule has 0 aromatic heterocycles. The second-order valence-corrected chi connectivity index (χ2v) is 4.83. The zero-order chi connectivity index (χ0) is 13.2. The van der Waals surface area contributed by atoms with Gasteiger partial charge in [-0.25, -0.2) is 0 Å². The molecule has 1 unspecified atom stereocenters. The molecule has 1 atom stereocenters. The van der Waals surface area contributed by atoms with E-state index in [-0.39, 0.29) is 0 Å². The van der Waals surface area contributed by atoms with Gasteiger partial charge in [-0.05, 0) is 42.9 Å². The van der Waals surface area contributed by atoms with Gasteiger partial charge in [0.25, 0.3) is 0 Å². The predicted molar refractivity (Wildman–Crippen MR) is 80.0 cm³/mol. The fourth-order valence-corrected chi connectivity index (χ4v) is 1.99. The van der Waals surface area contributed by atoms with Crippen molar-refractivity contribution in [2.24, 2.45) is 5.92 Å². The zero-order valence-corrected chi connectivity index (χ0v) is 12.3. The van der Waals surface area contributed by atoms with Crippen molar-refractivity contribution in [3.05, 3.63) is 24.3 Å². The van der Waals surface area contributed by atoms with Crippen molar-refractivity contribution >= 4 is 12.6 Å². The number of thiol groups is 1. The molecule has 1 rings (SSSR count). The Bertz CT molecular complexity index is 311. The first kappa shape index (κ1) is 15.2. The molecule has 2 nitrogen and oxygen atoms in total. The maximum atomic E-state index is 5.77. The van der Waals surface area contributed by atoms with E-state index in [4.69, 9.17) is 9.47 Å². The summed E-state index contributed by atoms with van der Waals surface area (Å²) in [5.74, 6) is 3.23. The number of ether oxygens (including phenoxy) is 2. The Balaban J connectivity index is 2.38. The second-order valence-electron chi connectivity index (χ2n) is 4.47. The molecule has 0 aliphatic carbocycles. The van der Waals surface area contributed by atoms with E-state index >= 15 is 0 Å². The van der Waals surface area contributed by atoms with Gasteiger partial charge < -0.3 is 9.47 Å². The van der Waals surface area contributed by atoms with E-state index in [1.807, 2.05) is 24.3 Å². The van der Waals surface area contributed by atoms with E-state index in [1.165, 1.54) is 12.8 Å². The third kappa shape index (κ3) is 5.67. The highest BCUT2D eigenvalue weighted by molar-refractivity contribution is 7.80. The smallest absolute Gasteiger partial charge is 0.119 e. The van der Waals surface area contributed by atoms with E-state index in [0.717, 1.165) is 36.9 Å². The normalized spacial score (nSPS) is 12.2. The summed E-state index contributed by atoms with van der Waals surface area (Å²) >= 11 is 4.35. The molecular formula is C15H24O2S. The summed E-state index contributed by atoms with van der Waals surface area (Å²) in [6, 6.07) is 7.85. The molecule has 0 spiro atoms. The average Bonchev–Trinajstić information content (AvgIpc) is 2.42. The molecule has 0 amide bonds. The topological polar surface area (TPSA) is 18.5 Å². The molecular weight excluding hydrogens is 244 g/mol. The lowest BCUT2D eigenvalue weighted by Crippen LogP contribution is -2.13. The summed E-state index contributed by atoms with van der Waals surface area (Å²) in [5, 5.41) is 0. The van der Waals surface area contributed by atoms with E-state index < -0.39 is 0 Å². The Hall–Kier alpha value is -0.830. The molecule has 102 valence electrons. The third-order valence-corrected chi connectivity index (χ3v) is 3.25. The summed E-state index contributed by atoms with van der Waals surface area (Å²) in [6.45, 7) is 5.80. The predicted octanol–water partition coefficient (Wildman–Crippen LogP) is 4.20. The van der Waals surface area contributed by atoms with Gasteiger partial charge in [-0.2, -0.15) is 12.6 Å². The van der Waals surface area contributed by atoms with Gasteiger partial charge in [-0.15, -0.1) is 0 Å². The molecule has 1 aromatic rings. The molecule has 1 aromatic carbocycles. The first-order valence-corrected chi connectivity index (χ1v) is 7.39. The van der Waals surface area contributed by atoms with Gasteiger partial charge in [0.15, 0.2) is 0 Å². The van der Waals surface area contributed by atoms with Gasteiger partial charge >= 0.3 is 0 Å². The zero-order valence-electron chi connectivity index (χ0n) is 11.4. The highest BCUT2D eigenvalue weighted by Gasteiger charge is 2.06. The molecule has 3 heteroatoms. The summed E-state index contributed by atoms with van der Waals surface area (Å²) in [5.41, 5.74) is 0. The fraction of sp³-hybridized carbons (Fsp3) is 0.600. The quantitative estimate of drug-likeness (QED) is 0.677. The molecule has 18 heavy (non-hydrogen) atoms. The Morgan fingerprint density at radius 3 is 2.11 bits per heavy atom. The molecule has 0 aliphatic heterocycles. The van der Waals surface area contributed by atoms with Crippen LogP contribution in [-0.4, -0.2) is 19.0 Å². The molecule has 0 N–H and O–H groups in total. The van der Waals surface area contributed by atoms with Gasteiger partial charge in [-0.3, -0.25) is 0 Å². The van der Waals surface area contributed by atoms with E-state index in [0.29, 0.717) is 5.92 Å². The fourth-order valence-electron chi connectivity index (χ4n) is 1.70. The van der Waals surface area contributed by atoms with E-state index in [2.05, 4.69) is 26.5 Å². The molecule has 0 bridgehead atoms. The highest BCUT2D eigenvalue weighted by Crippen LogP contribution is 2.19. The summed E-state index contributed by atoms with van der Waals surface area (Å²) < 4.78 is 11.3. The maximum absolute atomic E-state index is 5.77. The van der Waals surface area contributed by atoms with Crippen molar-refractivity contribution in [3.63, 3.8) is 0 Å². The minimum Gasteiger partial charge on any atom is -0.494 e. The van der Waals surface area contributed by atoms with Crippen LogP contribution in [0.1, 0.15) is 33.1 Å². The van der Waals surface area contributed by atoms with Crippen LogP contribution in [0, 0.1) is 5.92 Å². The van der Waals surface area contributed by atoms with Crippen LogP contribution in [0.3, 0.4) is 0 Å². The van der Waals surface area contributed by atoms with Gasteiger partial charge in [0.05, 0.1) is 13.2 Å². The third-order valence-electron chi connectivity index (χ3n) is 2.74. The molecule has 0 saturated heterocycles. The van der Waals surface area contributed by atoms with Crippen LogP contribution in [0.2, 0.25) is 0 Å². The van der Waals surface area contributed by atoms with E-state index in [1.54, 1.807) is 0 Å². The van der Waals surface area contributed by atoms with Crippen LogP contribution >= 0.6 is 12.6 Å². The SMILES string of the molecule is CCCOc1ccc(OCC(CS)CCC)cc1. The Kier molecular flexibility index (Phi) is 7.74. The van der Waals surface area contributed by atoms with Crippen LogP contribution in [0.5, 0.6) is 11.5 Å². The van der Waals surface area contributed by atoms with Gasteiger partial charge in [0.1, 0.15) is 11.5 Å². The van der Waals surface area contributed by atoms with Gasteiger partial charge in [0.2, 0.25) is 0 Å². The molecule has 0 saturated carbocycles. The highest BCUT2D eigenvalue weighted by atomic mass is 32.1. The van der Waals surface area contributed by atoms with Crippen molar-refractivity contribution in [3.8, 4) is 11.5 Å². The first-order valence-electron chi connectivity index (χ1n) is 6.76. The molecule has 0 heterocycles. The number of benzene rings is 1. The molecule has 0 radical (unpaired) electrons. The Morgan fingerprint density at radius 2 is 1.61 bits per heavy atom. The Labute approximate surface area is 116 Å². The van der Waals surface area contributed by atoms with Crippen molar-refractivity contribution in [1.82, 2.24) is 0 Å². The van der Waals surface area contributed by atoms with Crippen LogP contribution in [0.4, 0.5) is 0 Å². The van der Waals surface area contributed by atoms with Gasteiger partial charge in [-0.1, -0.05) is 20.3 Å². The summed E-state index contributed by atoms with van der Waals surface area (Å²) in [4.78, 5) is 0. The minimum atomic E-state index is 0.536. The summed E-state index contributed by atoms with van der Waals surface area (Å²) in [6.07, 6.45) is 3.37. The van der Waals surface area contributed by atoms with Crippen molar-refractivity contribution < 1.29 is 9.47 Å². The molecule has 0 fully saturated rings. The van der Waals surface area contributed by atoms with Crippen molar-refractivity contribution in [1.29, 1.82) is 0 Å². The van der Waals surface area contributed by atoms with Crippen LogP contribution in [0.15, 0.2) is 24.3 Å². The lowest BCUT2D eigenvalue weighted by atomic mass is 10.1. The van der Waals surface area contributed by atoms with Gasteiger partial charge in [0, 0.05) is 5.92 Å². The lowest BCUT2D eigenvalue weighted by molar-refractivity contribution is 0.254. The number of hydrogen-bond donors (Lipinski definition) is 1. The van der Waals surface area contributed by atoms with E-state index in [9.17, 15) is 0 Å². The first-order chi connectivity index (χ1) is 8.80. The molecule has 0 aliphatic rings. The monoisotopic (exact) mass is 268 g/mol. The average molecular weight is 268 g/mol. The largest absolute Gasteiger partial charge is 0.494 e. The second kappa shape index (κ2) is 9.15. The number of hydrogen-bond acceptors (Lipinski definition) is 3. The van der Waals surface area contributed by atoms with Crippen LogP contribution in [0.25, 0.3) is 0 Å². The number of rotatable bonds is 9. The lowest BCUT2D eigenvalue weighted by Gasteiger charge is -2.14. The van der Waals surface area contributed by atoms with Crippen molar-refractivity contribution in [2.75, 3.05) is 19.0 Å². The standard InChI is InChI=1S/C15H24O2S/c1-3-5-13(12-18)11-17-15-8-6-14(7-9-15)16-10-4-2/h6-9,13,18H,3-5,10-12H2,1-2H3. The van der Waals surface area contributed by atoms with Crippen molar-refractivity contribution in [2.45, 2.75) is 33.1 Å². The maximum Gasteiger partial charge on any atom is 0.119 e. The Morgan fingerprint density at radius 1 is 1.00 bits per heavy atom. The summed E-state index contributed by atoms with van der Waals surface area (Å²) in [7, 11) is 0. The van der Waals surface area contributed by atoms with Crippen LogP contribution < -0.4 is 9.47 Å². The minimum absolute atomic E-state index is 0.536.